The molecule has 11 heteroatoms. The van der Waals surface area contributed by atoms with Gasteiger partial charge in [0.2, 0.25) is 10.0 Å². The summed E-state index contributed by atoms with van der Waals surface area (Å²) in [6.45, 7) is 7.94. The molecule has 2 fully saturated rings. The number of sulfonamides is 1. The number of rotatable bonds is 8. The maximum atomic E-state index is 13.2. The Morgan fingerprint density at radius 1 is 1.09 bits per heavy atom. The lowest BCUT2D eigenvalue weighted by Crippen LogP contribution is -2.64. The van der Waals surface area contributed by atoms with Crippen LogP contribution in [0, 0.1) is 23.1 Å². The summed E-state index contributed by atoms with van der Waals surface area (Å²) >= 11 is 0. The van der Waals surface area contributed by atoms with E-state index < -0.39 is 32.7 Å². The molecule has 3 N–H and O–H groups in total. The highest BCUT2D eigenvalue weighted by Gasteiger charge is 2.52. The Morgan fingerprint density at radius 3 is 2.26 bits per heavy atom. The number of morpholine rings is 1. The predicted octanol–water partition coefficient (Wildman–Crippen LogP) is 0.812. The second-order valence-electron chi connectivity index (χ2n) is 9.70. The number of carboxylic acids is 1. The van der Waals surface area contributed by atoms with E-state index in [0.717, 1.165) is 18.8 Å². The van der Waals surface area contributed by atoms with E-state index in [1.54, 1.807) is 26.0 Å². The maximum absolute atomic E-state index is 13.2. The summed E-state index contributed by atoms with van der Waals surface area (Å²) in [6.07, 6.45) is 0.147. The van der Waals surface area contributed by atoms with Crippen LogP contribution in [-0.4, -0.2) is 99.0 Å². The molecule has 35 heavy (non-hydrogen) atoms. The molecule has 0 bridgehead atoms. The van der Waals surface area contributed by atoms with Gasteiger partial charge in [-0.25, -0.2) is 12.8 Å². The fraction of sp³-hybridized carbons (Fsp3) is 0.625. The van der Waals surface area contributed by atoms with Gasteiger partial charge < -0.3 is 20.5 Å². The van der Waals surface area contributed by atoms with Gasteiger partial charge in [0.25, 0.3) is 0 Å². The molecule has 2 saturated heterocycles. The standard InChI is InChI=1S/C24H35FN4O5S/c1-23(2,9-3-4-10-27-15-17-34-18-16-27)24(26,22(30)31)19-35(32,33)29-13-11-28(12-14-29)21-7-5-20(25)6-8-21/h5-8H,9-19,26H2,1-2H3,(H,30,31). The van der Waals surface area contributed by atoms with Gasteiger partial charge in [-0.1, -0.05) is 19.8 Å². The lowest BCUT2D eigenvalue weighted by Gasteiger charge is -2.41. The minimum absolute atomic E-state index is 0.147. The summed E-state index contributed by atoms with van der Waals surface area (Å²) in [7, 11) is -3.96. The van der Waals surface area contributed by atoms with E-state index in [-0.39, 0.29) is 25.3 Å². The molecule has 0 spiro atoms. The first kappa shape index (κ1) is 27.4. The summed E-state index contributed by atoms with van der Waals surface area (Å²) in [5, 5.41) is 9.99. The number of carbonyl (C=O) groups is 1. The number of nitrogens with zero attached hydrogens (tertiary/aromatic N) is 3. The van der Waals surface area contributed by atoms with Crippen molar-refractivity contribution in [1.29, 1.82) is 0 Å². The van der Waals surface area contributed by atoms with Crippen LogP contribution < -0.4 is 10.6 Å². The van der Waals surface area contributed by atoms with Crippen LogP contribution in [0.1, 0.15) is 20.3 Å². The van der Waals surface area contributed by atoms with Gasteiger partial charge in [0.1, 0.15) is 11.4 Å². The molecule has 1 atom stereocenters. The summed E-state index contributed by atoms with van der Waals surface area (Å²) in [6, 6.07) is 6.02. The molecular weight excluding hydrogens is 475 g/mol. The van der Waals surface area contributed by atoms with E-state index in [2.05, 4.69) is 16.7 Å². The Hall–Kier alpha value is -2.23. The summed E-state index contributed by atoms with van der Waals surface area (Å²) in [4.78, 5) is 16.4. The SMILES string of the molecule is CC(C)(CC#CCN1CCOCC1)C(N)(CS(=O)(=O)N1CCN(c2ccc(F)cc2)CC1)C(=O)O. The monoisotopic (exact) mass is 510 g/mol. The molecule has 194 valence electrons. The molecule has 0 amide bonds. The van der Waals surface area contributed by atoms with Gasteiger partial charge in [-0.15, -0.1) is 5.92 Å². The third-order valence-electron chi connectivity index (χ3n) is 6.88. The van der Waals surface area contributed by atoms with Crippen molar-refractivity contribution in [3.8, 4) is 11.8 Å². The van der Waals surface area contributed by atoms with Gasteiger partial charge in [0.15, 0.2) is 0 Å². The third kappa shape index (κ3) is 6.71. The van der Waals surface area contributed by atoms with Crippen molar-refractivity contribution in [2.45, 2.75) is 25.8 Å². The van der Waals surface area contributed by atoms with Crippen LogP contribution in [0.4, 0.5) is 10.1 Å². The highest BCUT2D eigenvalue weighted by Crippen LogP contribution is 2.35. The van der Waals surface area contributed by atoms with Gasteiger partial charge in [-0.2, -0.15) is 4.31 Å². The second-order valence-corrected chi connectivity index (χ2v) is 11.7. The Kier molecular flexibility index (Phi) is 8.77. The molecule has 0 aliphatic carbocycles. The zero-order valence-corrected chi connectivity index (χ0v) is 21.2. The molecular formula is C24H35FN4O5S. The summed E-state index contributed by atoms with van der Waals surface area (Å²) in [5.74, 6) is 3.64. The zero-order valence-electron chi connectivity index (χ0n) is 20.4. The number of benzene rings is 1. The maximum Gasteiger partial charge on any atom is 0.325 e. The summed E-state index contributed by atoms with van der Waals surface area (Å²) < 4.78 is 46.3. The van der Waals surface area contributed by atoms with E-state index in [0.29, 0.717) is 32.8 Å². The van der Waals surface area contributed by atoms with Crippen molar-refractivity contribution in [1.82, 2.24) is 9.21 Å². The van der Waals surface area contributed by atoms with Crippen LogP contribution in [0.2, 0.25) is 0 Å². The highest BCUT2D eigenvalue weighted by atomic mass is 32.2. The van der Waals surface area contributed by atoms with Crippen LogP contribution in [0.5, 0.6) is 0 Å². The second kappa shape index (κ2) is 11.2. The lowest BCUT2D eigenvalue weighted by atomic mass is 9.71. The van der Waals surface area contributed by atoms with Gasteiger partial charge in [0, 0.05) is 56.8 Å². The smallest absolute Gasteiger partial charge is 0.325 e. The normalized spacial score (nSPS) is 20.1. The van der Waals surface area contributed by atoms with Gasteiger partial charge in [-0.05, 0) is 24.3 Å². The number of anilines is 1. The van der Waals surface area contributed by atoms with Crippen molar-refractivity contribution < 1.29 is 27.4 Å². The molecule has 1 unspecified atom stereocenters. The van der Waals surface area contributed by atoms with Crippen LogP contribution in [0.25, 0.3) is 0 Å². The van der Waals surface area contributed by atoms with E-state index in [1.165, 1.54) is 16.4 Å². The van der Waals surface area contributed by atoms with Crippen molar-refractivity contribution in [2.75, 3.05) is 69.7 Å². The number of nitrogens with two attached hydrogens (primary N) is 1. The van der Waals surface area contributed by atoms with Crippen molar-refractivity contribution >= 4 is 21.7 Å². The van der Waals surface area contributed by atoms with Gasteiger partial charge in [0.05, 0.1) is 25.5 Å². The molecule has 1 aromatic rings. The topological polar surface area (TPSA) is 116 Å². The molecule has 3 rings (SSSR count). The first-order valence-electron chi connectivity index (χ1n) is 11.7. The number of piperazine rings is 1. The van der Waals surface area contributed by atoms with E-state index >= 15 is 0 Å². The third-order valence-corrected chi connectivity index (χ3v) is 8.86. The Bertz CT molecular complexity index is 1040. The number of hydrogen-bond acceptors (Lipinski definition) is 7. The average molecular weight is 511 g/mol. The predicted molar refractivity (Wildman–Crippen MR) is 132 cm³/mol. The van der Waals surface area contributed by atoms with Crippen molar-refractivity contribution in [3.05, 3.63) is 30.1 Å². The van der Waals surface area contributed by atoms with E-state index in [4.69, 9.17) is 10.5 Å². The van der Waals surface area contributed by atoms with E-state index in [9.17, 15) is 22.7 Å². The fourth-order valence-electron chi connectivity index (χ4n) is 4.17. The molecule has 0 radical (unpaired) electrons. The first-order valence-corrected chi connectivity index (χ1v) is 13.3. The Labute approximate surface area is 207 Å². The molecule has 1 aromatic carbocycles. The van der Waals surface area contributed by atoms with Gasteiger partial charge >= 0.3 is 5.97 Å². The minimum atomic E-state index is -3.96. The fourth-order valence-corrected chi connectivity index (χ4v) is 6.16. The minimum Gasteiger partial charge on any atom is -0.480 e. The molecule has 2 heterocycles. The van der Waals surface area contributed by atoms with Crippen LogP contribution in [0.3, 0.4) is 0 Å². The number of ether oxygens (including phenoxy) is 1. The molecule has 2 aliphatic rings. The zero-order chi connectivity index (χ0) is 25.7. The number of halogens is 1. The lowest BCUT2D eigenvalue weighted by molar-refractivity contribution is -0.146. The quantitative estimate of drug-likeness (QED) is 0.494. The molecule has 2 aliphatic heterocycles. The van der Waals surface area contributed by atoms with Gasteiger partial charge in [-0.3, -0.25) is 9.69 Å². The van der Waals surface area contributed by atoms with Crippen LogP contribution in [-0.2, 0) is 19.6 Å². The number of hydrogen-bond donors (Lipinski definition) is 2. The van der Waals surface area contributed by atoms with Crippen LogP contribution in [0.15, 0.2) is 24.3 Å². The largest absolute Gasteiger partial charge is 0.480 e. The van der Waals surface area contributed by atoms with Crippen LogP contribution >= 0.6 is 0 Å². The Morgan fingerprint density at radius 2 is 1.69 bits per heavy atom. The number of carboxylic acid groups (broad SMARTS) is 1. The average Bonchev–Trinajstić information content (AvgIpc) is 2.82. The summed E-state index contributed by atoms with van der Waals surface area (Å²) in [5.41, 5.74) is 4.01. The molecule has 0 aromatic heterocycles. The molecule has 0 saturated carbocycles. The highest BCUT2D eigenvalue weighted by molar-refractivity contribution is 7.89. The number of aliphatic carboxylic acids is 1. The van der Waals surface area contributed by atoms with E-state index in [1.807, 2.05) is 4.90 Å². The molecule has 9 nitrogen and oxygen atoms in total. The van der Waals surface area contributed by atoms with Crippen molar-refractivity contribution in [2.24, 2.45) is 11.1 Å². The Balaban J connectivity index is 1.64. The van der Waals surface area contributed by atoms with Crippen molar-refractivity contribution in [3.63, 3.8) is 0 Å². The first-order chi connectivity index (χ1) is 16.4.